The molecule has 3 atom stereocenters. The molecule has 14 nitrogen and oxygen atoms in total. The molecule has 9 aromatic rings. The normalized spacial score (nSPS) is 12.5. The van der Waals surface area contributed by atoms with E-state index in [1.165, 1.54) is 22.9 Å². The molecule has 0 radical (unpaired) electrons. The summed E-state index contributed by atoms with van der Waals surface area (Å²) < 4.78 is 0. The van der Waals surface area contributed by atoms with E-state index in [2.05, 4.69) is 129 Å². The van der Waals surface area contributed by atoms with E-state index in [-0.39, 0.29) is 11.9 Å². The second kappa shape index (κ2) is 26.9. The van der Waals surface area contributed by atoms with Crippen LogP contribution in [-0.4, -0.2) is 79.2 Å². The molecule has 77 heavy (non-hydrogen) atoms. The van der Waals surface area contributed by atoms with Crippen LogP contribution in [0.3, 0.4) is 0 Å². The summed E-state index contributed by atoms with van der Waals surface area (Å²) in [6.07, 6.45) is 3.14. The zero-order chi connectivity index (χ0) is 55.3. The maximum atomic E-state index is 9.91. The lowest BCUT2D eigenvalue weighted by molar-refractivity contribution is -0.0990. The number of hydrogen-bond donors (Lipinski definition) is 6. The van der Waals surface area contributed by atoms with Crippen LogP contribution in [0.4, 0.5) is 11.6 Å². The molecule has 18 heteroatoms. The van der Waals surface area contributed by atoms with Gasteiger partial charge in [-0.3, -0.25) is 14.7 Å². The molecular weight excluding hydrogens is 1050 g/mol. The summed E-state index contributed by atoms with van der Waals surface area (Å²) in [5.41, 5.74) is 28.7. The highest BCUT2D eigenvalue weighted by molar-refractivity contribution is 6.39. The van der Waals surface area contributed by atoms with Crippen LogP contribution in [0, 0.1) is 0 Å². The molecule has 0 saturated carbocycles. The lowest BCUT2D eigenvalue weighted by atomic mass is 10.0. The zero-order valence-corrected chi connectivity index (χ0v) is 46.3. The molecule has 10 N–H and O–H groups in total. The quantitative estimate of drug-likeness (QED) is 0.0245. The fourth-order valence-electron chi connectivity index (χ4n) is 8.94. The van der Waals surface area contributed by atoms with E-state index in [0.29, 0.717) is 55.9 Å². The van der Waals surface area contributed by atoms with Crippen molar-refractivity contribution in [2.24, 2.45) is 32.9 Å². The SMILES string of the molecule is CC(c1ccccc1)N(C)Cc1ccc2c(Cl)cnc(Cl)c2c1.CC(c1ccccc1)N(C)Cc1ccc2c(Cl)cnc(N=C(N)N)c2c1.CN(Cc1ccc2c(Cl)cnc(N=C(N)N)c2c1)C(c1ccccc1)C(O)O. The number of guanidine groups is 2. The lowest BCUT2D eigenvalue weighted by Gasteiger charge is -2.30. The zero-order valence-electron chi connectivity index (χ0n) is 43.3. The van der Waals surface area contributed by atoms with E-state index in [4.69, 9.17) is 69.3 Å². The van der Waals surface area contributed by atoms with Gasteiger partial charge in [0.15, 0.2) is 29.8 Å². The molecule has 0 aliphatic carbocycles. The summed E-state index contributed by atoms with van der Waals surface area (Å²) in [7, 11) is 6.06. The third-order valence-corrected chi connectivity index (χ3v) is 14.4. The Morgan fingerprint density at radius 1 is 0.455 bits per heavy atom. The molecule has 0 saturated heterocycles. The number of benzene rings is 6. The van der Waals surface area contributed by atoms with Gasteiger partial charge < -0.3 is 33.1 Å². The van der Waals surface area contributed by atoms with Crippen molar-refractivity contribution in [3.05, 3.63) is 218 Å². The Balaban J connectivity index is 0.000000169. The van der Waals surface area contributed by atoms with Gasteiger partial charge in [0, 0.05) is 82.6 Å². The van der Waals surface area contributed by atoms with Crippen LogP contribution >= 0.6 is 46.4 Å². The van der Waals surface area contributed by atoms with Crippen LogP contribution in [0.25, 0.3) is 32.3 Å². The minimum Gasteiger partial charge on any atom is -0.370 e. The van der Waals surface area contributed by atoms with Crippen molar-refractivity contribution in [1.82, 2.24) is 29.7 Å². The predicted octanol–water partition coefficient (Wildman–Crippen LogP) is 12.0. The molecule has 0 aliphatic heterocycles. The van der Waals surface area contributed by atoms with Crippen molar-refractivity contribution >= 4 is 102 Å². The van der Waals surface area contributed by atoms with Crippen LogP contribution in [-0.2, 0) is 19.6 Å². The summed E-state index contributed by atoms with van der Waals surface area (Å²) in [6, 6.07) is 48.3. The maximum Gasteiger partial charge on any atom is 0.192 e. The van der Waals surface area contributed by atoms with Crippen molar-refractivity contribution in [2.45, 2.75) is 57.9 Å². The number of rotatable bonds is 15. The summed E-state index contributed by atoms with van der Waals surface area (Å²) in [6.45, 7) is 6.47. The van der Waals surface area contributed by atoms with Crippen LogP contribution in [0.15, 0.2) is 174 Å². The van der Waals surface area contributed by atoms with Crippen molar-refractivity contribution < 1.29 is 10.2 Å². The summed E-state index contributed by atoms with van der Waals surface area (Å²) in [5, 5.41) is 27.1. The predicted molar refractivity (Wildman–Crippen MR) is 318 cm³/mol. The number of aliphatic imine (C=N–C) groups is 2. The number of pyridine rings is 3. The van der Waals surface area contributed by atoms with E-state index in [1.54, 1.807) is 12.4 Å². The molecule has 3 unspecified atom stereocenters. The first kappa shape index (κ1) is 57.7. The number of halogens is 4. The molecule has 0 fully saturated rings. The fraction of sp³-hybridized carbons (Fsp3) is 0.203. The van der Waals surface area contributed by atoms with E-state index < -0.39 is 12.3 Å². The number of hydrogen-bond acceptors (Lipinski definition) is 10. The van der Waals surface area contributed by atoms with E-state index in [0.717, 1.165) is 56.7 Å². The Kier molecular flexibility index (Phi) is 20.2. The second-order valence-electron chi connectivity index (χ2n) is 18.7. The van der Waals surface area contributed by atoms with Crippen LogP contribution in [0.1, 0.15) is 65.4 Å². The largest absolute Gasteiger partial charge is 0.370 e. The molecular formula is C59H62Cl4N12O2. The standard InChI is InChI=1S/C20H22ClN5O2.C20H22ClN5.C19H18Cl2N2/c1-26(17(19(27)28)13-5-3-2-4-6-13)11-12-7-8-14-15(9-12)18(25-20(22)23)24-10-16(14)21;1-13(15-6-4-3-5-7-15)26(2)12-14-8-9-16-17(10-14)19(25-20(22)23)24-11-18(16)21;1-13(15-6-4-3-5-7-15)23(2)12-14-8-9-16-17(10-14)19(21)22-11-18(16)20/h2-10,17,19,27-28H,11H2,1H3,(H4,22,23,24,25);3-11,13H,12H2,1-2H3,(H4,22,23,24,25);3-11,13H,12H2,1-2H3. The minimum absolute atomic E-state index is 0.0265. The van der Waals surface area contributed by atoms with Gasteiger partial charge in [0.25, 0.3) is 0 Å². The molecule has 3 heterocycles. The van der Waals surface area contributed by atoms with Crippen molar-refractivity contribution in [3.63, 3.8) is 0 Å². The second-order valence-corrected chi connectivity index (χ2v) is 20.2. The van der Waals surface area contributed by atoms with Gasteiger partial charge in [-0.15, -0.1) is 0 Å². The van der Waals surface area contributed by atoms with E-state index in [1.807, 2.05) is 90.8 Å². The molecule has 398 valence electrons. The van der Waals surface area contributed by atoms with E-state index >= 15 is 0 Å². The Morgan fingerprint density at radius 2 is 0.792 bits per heavy atom. The van der Waals surface area contributed by atoms with E-state index in [9.17, 15) is 10.2 Å². The molecule has 6 aromatic carbocycles. The van der Waals surface area contributed by atoms with Gasteiger partial charge in [-0.2, -0.15) is 9.98 Å². The summed E-state index contributed by atoms with van der Waals surface area (Å²) in [5.74, 6) is 0.739. The van der Waals surface area contributed by atoms with Gasteiger partial charge in [-0.05, 0) is 86.6 Å². The van der Waals surface area contributed by atoms with Crippen molar-refractivity contribution in [1.29, 1.82) is 0 Å². The van der Waals surface area contributed by atoms with Crippen molar-refractivity contribution in [3.8, 4) is 0 Å². The molecule has 3 aromatic heterocycles. The molecule has 9 rings (SSSR count). The smallest absolute Gasteiger partial charge is 0.192 e. The first-order chi connectivity index (χ1) is 36.9. The highest BCUT2D eigenvalue weighted by atomic mass is 35.5. The monoisotopic (exact) mass is 1110 g/mol. The summed E-state index contributed by atoms with van der Waals surface area (Å²) in [4.78, 5) is 27.2. The minimum atomic E-state index is -1.53. The molecule has 0 amide bonds. The molecule has 0 aliphatic rings. The number of aliphatic hydroxyl groups excluding tert-OH is 1. The Hall–Kier alpha value is -6.95. The maximum absolute atomic E-state index is 9.91. The Bertz CT molecular complexity index is 3480. The first-order valence-electron chi connectivity index (χ1n) is 24.6. The number of likely N-dealkylation sites (N-methyl/N-ethyl adjacent to an activating group) is 1. The lowest BCUT2D eigenvalue weighted by Crippen LogP contribution is -2.33. The highest BCUT2D eigenvalue weighted by Crippen LogP contribution is 2.34. The topological polar surface area (TPSA) is 218 Å². The molecule has 0 spiro atoms. The fourth-order valence-corrected chi connectivity index (χ4v) is 9.78. The van der Waals surface area contributed by atoms with Gasteiger partial charge >= 0.3 is 0 Å². The number of fused-ring (bicyclic) bond motifs is 3. The number of aromatic nitrogens is 3. The first-order valence-corrected chi connectivity index (χ1v) is 26.1. The third kappa shape index (κ3) is 15.2. The Morgan fingerprint density at radius 3 is 1.17 bits per heavy atom. The van der Waals surface area contributed by atoms with Gasteiger partial charge in [0.1, 0.15) is 5.15 Å². The summed E-state index contributed by atoms with van der Waals surface area (Å²) >= 11 is 24.9. The highest BCUT2D eigenvalue weighted by Gasteiger charge is 2.24. The number of nitrogens with zero attached hydrogens (tertiary/aromatic N) is 8. The third-order valence-electron chi connectivity index (χ3n) is 13.2. The average Bonchev–Trinajstić information content (AvgIpc) is 3.42. The van der Waals surface area contributed by atoms with Crippen LogP contribution in [0.2, 0.25) is 20.2 Å². The van der Waals surface area contributed by atoms with Gasteiger partial charge in [0.2, 0.25) is 0 Å². The molecule has 0 bridgehead atoms. The van der Waals surface area contributed by atoms with Gasteiger partial charge in [-0.25, -0.2) is 15.0 Å². The number of aliphatic hydroxyl groups is 2. The van der Waals surface area contributed by atoms with Gasteiger partial charge in [-0.1, -0.05) is 174 Å². The van der Waals surface area contributed by atoms with Crippen molar-refractivity contribution in [2.75, 3.05) is 21.1 Å². The van der Waals surface area contributed by atoms with Gasteiger partial charge in [0.05, 0.1) is 21.1 Å². The number of nitrogens with two attached hydrogens (primary N) is 4. The van der Waals surface area contributed by atoms with Crippen LogP contribution < -0.4 is 22.9 Å². The van der Waals surface area contributed by atoms with Crippen LogP contribution in [0.5, 0.6) is 0 Å². The Labute approximate surface area is 469 Å². The average molecular weight is 1110 g/mol.